The minimum Gasteiger partial charge on any atom is -0.336 e. The summed E-state index contributed by atoms with van der Waals surface area (Å²) in [6, 6.07) is 5.80. The molecule has 0 spiro atoms. The molecule has 2 rings (SSSR count). The molecule has 1 aromatic carbocycles. The van der Waals surface area contributed by atoms with E-state index < -0.39 is 0 Å². The van der Waals surface area contributed by atoms with Crippen LogP contribution in [0.5, 0.6) is 0 Å². The minimum absolute atomic E-state index is 0.135. The van der Waals surface area contributed by atoms with Gasteiger partial charge in [0.1, 0.15) is 0 Å². The molecular formula is C14H18BrClN2O. The lowest BCUT2D eigenvalue weighted by Crippen LogP contribution is -2.49. The van der Waals surface area contributed by atoms with Gasteiger partial charge in [0.25, 0.3) is 5.91 Å². The van der Waals surface area contributed by atoms with Gasteiger partial charge in [-0.3, -0.25) is 9.69 Å². The lowest BCUT2D eigenvalue weighted by Gasteiger charge is -2.34. The van der Waals surface area contributed by atoms with E-state index in [4.69, 9.17) is 11.6 Å². The van der Waals surface area contributed by atoms with E-state index in [0.29, 0.717) is 5.88 Å². The smallest absolute Gasteiger partial charge is 0.254 e. The van der Waals surface area contributed by atoms with Crippen molar-refractivity contribution in [3.05, 3.63) is 33.8 Å². The van der Waals surface area contributed by atoms with Crippen molar-refractivity contribution < 1.29 is 4.79 Å². The van der Waals surface area contributed by atoms with Crippen molar-refractivity contribution in [3.8, 4) is 0 Å². The number of carbonyl (C=O) groups excluding carboxylic acids is 1. The minimum atomic E-state index is 0.135. The number of piperazine rings is 1. The van der Waals surface area contributed by atoms with Gasteiger partial charge >= 0.3 is 0 Å². The number of aryl methyl sites for hydroxylation is 1. The quantitative estimate of drug-likeness (QED) is 0.787. The van der Waals surface area contributed by atoms with Gasteiger partial charge in [0.05, 0.1) is 0 Å². The monoisotopic (exact) mass is 344 g/mol. The Balaban J connectivity index is 2.01. The van der Waals surface area contributed by atoms with E-state index in [9.17, 15) is 4.79 Å². The third kappa shape index (κ3) is 3.71. The Labute approximate surface area is 127 Å². The van der Waals surface area contributed by atoms with Crippen LogP contribution in [0.25, 0.3) is 0 Å². The predicted octanol–water partition coefficient (Wildman–Crippen LogP) is 2.75. The molecular weight excluding hydrogens is 328 g/mol. The summed E-state index contributed by atoms with van der Waals surface area (Å²) in [5.41, 5.74) is 1.82. The van der Waals surface area contributed by atoms with Gasteiger partial charge in [-0.1, -0.05) is 15.9 Å². The topological polar surface area (TPSA) is 23.6 Å². The Morgan fingerprint density at radius 1 is 1.32 bits per heavy atom. The highest BCUT2D eigenvalue weighted by molar-refractivity contribution is 9.10. The summed E-state index contributed by atoms with van der Waals surface area (Å²) >= 11 is 9.16. The number of rotatable bonds is 3. The van der Waals surface area contributed by atoms with Crippen molar-refractivity contribution in [3.63, 3.8) is 0 Å². The van der Waals surface area contributed by atoms with Crippen LogP contribution in [0.2, 0.25) is 0 Å². The number of amides is 1. The van der Waals surface area contributed by atoms with Gasteiger partial charge in [0.15, 0.2) is 0 Å². The average molecular weight is 346 g/mol. The molecule has 19 heavy (non-hydrogen) atoms. The molecule has 0 unspecified atom stereocenters. The second kappa shape index (κ2) is 6.73. The molecule has 1 aromatic rings. The molecule has 1 heterocycles. The molecule has 3 nitrogen and oxygen atoms in total. The molecule has 1 saturated heterocycles. The molecule has 1 amide bonds. The van der Waals surface area contributed by atoms with Crippen LogP contribution >= 0.6 is 27.5 Å². The molecule has 1 aliphatic rings. The Morgan fingerprint density at radius 2 is 2.00 bits per heavy atom. The maximum absolute atomic E-state index is 12.5. The van der Waals surface area contributed by atoms with Gasteiger partial charge in [-0.15, -0.1) is 11.6 Å². The fraction of sp³-hybridized carbons (Fsp3) is 0.500. The molecule has 0 radical (unpaired) electrons. The van der Waals surface area contributed by atoms with E-state index in [0.717, 1.165) is 48.3 Å². The van der Waals surface area contributed by atoms with Crippen molar-refractivity contribution in [2.45, 2.75) is 6.92 Å². The number of hydrogen-bond donors (Lipinski definition) is 0. The van der Waals surface area contributed by atoms with Crippen molar-refractivity contribution in [1.29, 1.82) is 0 Å². The number of benzene rings is 1. The zero-order valence-corrected chi connectivity index (χ0v) is 13.4. The summed E-state index contributed by atoms with van der Waals surface area (Å²) < 4.78 is 1.01. The second-order valence-electron chi connectivity index (χ2n) is 4.78. The molecule has 1 aliphatic heterocycles. The highest BCUT2D eigenvalue weighted by Crippen LogP contribution is 2.18. The van der Waals surface area contributed by atoms with Crippen LogP contribution in [-0.2, 0) is 0 Å². The summed E-state index contributed by atoms with van der Waals surface area (Å²) in [6.07, 6.45) is 0. The third-order valence-corrected chi connectivity index (χ3v) is 4.14. The van der Waals surface area contributed by atoms with Crippen LogP contribution < -0.4 is 0 Å². The number of carbonyl (C=O) groups is 1. The summed E-state index contributed by atoms with van der Waals surface area (Å²) in [5.74, 6) is 0.787. The Morgan fingerprint density at radius 3 is 2.58 bits per heavy atom. The van der Waals surface area contributed by atoms with Crippen molar-refractivity contribution >= 4 is 33.4 Å². The number of hydrogen-bond acceptors (Lipinski definition) is 2. The Bertz CT molecular complexity index is 459. The van der Waals surface area contributed by atoms with Gasteiger partial charge in [0.2, 0.25) is 0 Å². The molecule has 0 aromatic heterocycles. The molecule has 1 fully saturated rings. The van der Waals surface area contributed by atoms with E-state index in [1.807, 2.05) is 30.0 Å². The first-order chi connectivity index (χ1) is 9.11. The summed E-state index contributed by atoms with van der Waals surface area (Å²) in [4.78, 5) is 16.7. The van der Waals surface area contributed by atoms with Crippen LogP contribution in [0.3, 0.4) is 0 Å². The van der Waals surface area contributed by atoms with Crippen LogP contribution in [0.4, 0.5) is 0 Å². The lowest BCUT2D eigenvalue weighted by atomic mass is 10.1. The third-order valence-electron chi connectivity index (χ3n) is 3.48. The molecule has 104 valence electrons. The zero-order valence-electron chi connectivity index (χ0n) is 11.0. The van der Waals surface area contributed by atoms with Crippen LogP contribution in [-0.4, -0.2) is 54.3 Å². The fourth-order valence-electron chi connectivity index (χ4n) is 2.33. The molecule has 0 aliphatic carbocycles. The second-order valence-corrected chi connectivity index (χ2v) is 6.08. The van der Waals surface area contributed by atoms with E-state index in [-0.39, 0.29) is 5.91 Å². The molecule has 0 bridgehead atoms. The van der Waals surface area contributed by atoms with Gasteiger partial charge in [-0.25, -0.2) is 0 Å². The first-order valence-electron chi connectivity index (χ1n) is 6.45. The van der Waals surface area contributed by atoms with Crippen molar-refractivity contribution in [1.82, 2.24) is 9.80 Å². The van der Waals surface area contributed by atoms with Crippen molar-refractivity contribution in [2.24, 2.45) is 0 Å². The van der Waals surface area contributed by atoms with Crippen molar-refractivity contribution in [2.75, 3.05) is 38.6 Å². The average Bonchev–Trinajstić information content (AvgIpc) is 2.39. The molecule has 5 heteroatoms. The highest BCUT2D eigenvalue weighted by atomic mass is 79.9. The molecule has 0 N–H and O–H groups in total. The number of nitrogens with zero attached hydrogens (tertiary/aromatic N) is 2. The Hall–Kier alpha value is -0.580. The number of alkyl halides is 1. The van der Waals surface area contributed by atoms with Crippen LogP contribution in [0.15, 0.2) is 22.7 Å². The zero-order chi connectivity index (χ0) is 13.8. The Kier molecular flexibility index (Phi) is 5.25. The van der Waals surface area contributed by atoms with E-state index >= 15 is 0 Å². The lowest BCUT2D eigenvalue weighted by molar-refractivity contribution is 0.0643. The fourth-order valence-corrected chi connectivity index (χ4v) is 3.05. The molecule has 0 atom stereocenters. The standard InChI is InChI=1S/C14H18BrClN2O/c1-11-10-12(15)2-3-13(11)14(19)18-8-6-17(5-4-16)7-9-18/h2-3,10H,4-9H2,1H3. The summed E-state index contributed by atoms with van der Waals surface area (Å²) in [7, 11) is 0. The van der Waals surface area contributed by atoms with Gasteiger partial charge < -0.3 is 4.90 Å². The van der Waals surface area contributed by atoms with Gasteiger partial charge in [0, 0.05) is 48.6 Å². The van der Waals surface area contributed by atoms with Crippen LogP contribution in [0.1, 0.15) is 15.9 Å². The van der Waals surface area contributed by atoms with Gasteiger partial charge in [-0.05, 0) is 30.7 Å². The maximum atomic E-state index is 12.5. The summed E-state index contributed by atoms with van der Waals surface area (Å²) in [6.45, 7) is 6.27. The van der Waals surface area contributed by atoms with Gasteiger partial charge in [-0.2, -0.15) is 0 Å². The normalized spacial score (nSPS) is 16.7. The predicted molar refractivity (Wildman–Crippen MR) is 81.9 cm³/mol. The van der Waals surface area contributed by atoms with E-state index in [1.54, 1.807) is 0 Å². The van der Waals surface area contributed by atoms with Crippen LogP contribution in [0, 0.1) is 6.92 Å². The summed E-state index contributed by atoms with van der Waals surface area (Å²) in [5, 5.41) is 0. The molecule has 0 saturated carbocycles. The SMILES string of the molecule is Cc1cc(Br)ccc1C(=O)N1CCN(CCCl)CC1. The maximum Gasteiger partial charge on any atom is 0.254 e. The van der Waals surface area contributed by atoms with E-state index in [2.05, 4.69) is 20.8 Å². The first-order valence-corrected chi connectivity index (χ1v) is 7.78. The van der Waals surface area contributed by atoms with E-state index in [1.165, 1.54) is 0 Å². The highest BCUT2D eigenvalue weighted by Gasteiger charge is 2.22. The first kappa shape index (κ1) is 14.8. The largest absolute Gasteiger partial charge is 0.336 e. The number of halogens is 2.